The van der Waals surface area contributed by atoms with Crippen molar-refractivity contribution in [1.82, 2.24) is 9.97 Å². The quantitative estimate of drug-likeness (QED) is 0.895. The van der Waals surface area contributed by atoms with Crippen LogP contribution in [0.25, 0.3) is 0 Å². The molecule has 1 aliphatic heterocycles. The lowest BCUT2D eigenvalue weighted by atomic mass is 10.0. The molecule has 0 radical (unpaired) electrons. The Morgan fingerprint density at radius 1 is 1.32 bits per heavy atom. The summed E-state index contributed by atoms with van der Waals surface area (Å²) in [5.41, 5.74) is 0.849. The van der Waals surface area contributed by atoms with Gasteiger partial charge in [0.15, 0.2) is 0 Å². The number of aromatic nitrogens is 2. The fourth-order valence-corrected chi connectivity index (χ4v) is 2.54. The van der Waals surface area contributed by atoms with Crippen molar-refractivity contribution in [1.29, 1.82) is 0 Å². The molecule has 1 aliphatic rings. The zero-order valence-corrected chi connectivity index (χ0v) is 10.3. The monoisotopic (exact) mass is 259 g/mol. The largest absolute Gasteiger partial charge is 0.391 e. The van der Waals surface area contributed by atoms with Crippen LogP contribution in [0.3, 0.4) is 0 Å². The first-order valence-electron chi connectivity index (χ1n) is 6.20. The number of anilines is 1. The standard InChI is InChI=1S/C14H14FN3O/c15-11-3-1-2-10(6-11)13-7-12(19)9-18(13)14-8-16-4-5-17-14/h1-6,8,12-13,19H,7,9H2/t12-,13-/m1/s1. The number of rotatable bonds is 2. The number of β-amino-alcohol motifs (C(OH)–C–C–N with tert-alkyl or cyclic N) is 1. The molecule has 98 valence electrons. The van der Waals surface area contributed by atoms with Crippen molar-refractivity contribution >= 4 is 5.82 Å². The van der Waals surface area contributed by atoms with Crippen molar-refractivity contribution in [2.24, 2.45) is 0 Å². The first kappa shape index (κ1) is 12.0. The molecule has 1 fully saturated rings. The highest BCUT2D eigenvalue weighted by Gasteiger charge is 2.33. The highest BCUT2D eigenvalue weighted by atomic mass is 19.1. The lowest BCUT2D eigenvalue weighted by Gasteiger charge is -2.25. The Bertz CT molecular complexity index is 564. The van der Waals surface area contributed by atoms with Crippen molar-refractivity contribution in [3.8, 4) is 0 Å². The van der Waals surface area contributed by atoms with E-state index in [-0.39, 0.29) is 11.9 Å². The predicted molar refractivity (Wildman–Crippen MR) is 69.1 cm³/mol. The maximum absolute atomic E-state index is 13.3. The minimum Gasteiger partial charge on any atom is -0.391 e. The van der Waals surface area contributed by atoms with E-state index in [1.165, 1.54) is 12.1 Å². The van der Waals surface area contributed by atoms with Crippen LogP contribution in [0.4, 0.5) is 10.2 Å². The molecule has 0 amide bonds. The molecule has 0 spiro atoms. The van der Waals surface area contributed by atoms with Crippen molar-refractivity contribution in [2.75, 3.05) is 11.4 Å². The number of aliphatic hydroxyl groups is 1. The van der Waals surface area contributed by atoms with Gasteiger partial charge < -0.3 is 10.0 Å². The summed E-state index contributed by atoms with van der Waals surface area (Å²) >= 11 is 0. The molecule has 0 saturated carbocycles. The van der Waals surface area contributed by atoms with Crippen LogP contribution in [0, 0.1) is 5.82 Å². The van der Waals surface area contributed by atoms with E-state index >= 15 is 0 Å². The van der Waals surface area contributed by atoms with Crippen molar-refractivity contribution in [3.05, 3.63) is 54.2 Å². The maximum Gasteiger partial charge on any atom is 0.147 e. The summed E-state index contributed by atoms with van der Waals surface area (Å²) in [6.45, 7) is 0.486. The summed E-state index contributed by atoms with van der Waals surface area (Å²) in [6, 6.07) is 6.41. The number of hydrogen-bond donors (Lipinski definition) is 1. The van der Waals surface area contributed by atoms with Crippen LogP contribution in [0.15, 0.2) is 42.9 Å². The second-order valence-corrected chi connectivity index (χ2v) is 4.68. The van der Waals surface area contributed by atoms with Crippen LogP contribution in [0.2, 0.25) is 0 Å². The van der Waals surface area contributed by atoms with Gasteiger partial charge in [-0.2, -0.15) is 0 Å². The maximum atomic E-state index is 13.3. The Morgan fingerprint density at radius 3 is 2.95 bits per heavy atom. The van der Waals surface area contributed by atoms with Crippen LogP contribution in [-0.4, -0.2) is 27.7 Å². The lowest BCUT2D eigenvalue weighted by Crippen LogP contribution is -2.25. The third kappa shape index (κ3) is 2.42. The predicted octanol–water partition coefficient (Wildman–Crippen LogP) is 1.93. The summed E-state index contributed by atoms with van der Waals surface area (Å²) in [7, 11) is 0. The molecule has 1 aromatic carbocycles. The molecule has 2 atom stereocenters. The van der Waals surface area contributed by atoms with Gasteiger partial charge in [0.2, 0.25) is 0 Å². The van der Waals surface area contributed by atoms with Crippen molar-refractivity contribution in [3.63, 3.8) is 0 Å². The molecule has 1 N–H and O–H groups in total. The molecule has 0 aliphatic carbocycles. The van der Waals surface area contributed by atoms with Crippen molar-refractivity contribution in [2.45, 2.75) is 18.6 Å². The average Bonchev–Trinajstić information content (AvgIpc) is 2.82. The number of nitrogens with zero attached hydrogens (tertiary/aromatic N) is 3. The van der Waals surface area contributed by atoms with Gasteiger partial charge in [0, 0.05) is 18.9 Å². The Morgan fingerprint density at radius 2 is 2.21 bits per heavy atom. The van der Waals surface area contributed by atoms with Gasteiger partial charge in [0.25, 0.3) is 0 Å². The highest BCUT2D eigenvalue weighted by Crippen LogP contribution is 2.35. The zero-order valence-electron chi connectivity index (χ0n) is 10.3. The van der Waals surface area contributed by atoms with Gasteiger partial charge >= 0.3 is 0 Å². The molecule has 1 saturated heterocycles. The van der Waals surface area contributed by atoms with Crippen LogP contribution in [0.1, 0.15) is 18.0 Å². The molecule has 2 heterocycles. The summed E-state index contributed by atoms with van der Waals surface area (Å²) < 4.78 is 13.3. The normalized spacial score (nSPS) is 22.7. The molecular formula is C14H14FN3O. The van der Waals surface area contributed by atoms with E-state index in [2.05, 4.69) is 9.97 Å². The summed E-state index contributed by atoms with van der Waals surface area (Å²) in [4.78, 5) is 10.3. The van der Waals surface area contributed by atoms with Gasteiger partial charge in [0.1, 0.15) is 11.6 Å². The second kappa shape index (κ2) is 4.93. The highest BCUT2D eigenvalue weighted by molar-refractivity contribution is 5.42. The topological polar surface area (TPSA) is 49.2 Å². The zero-order chi connectivity index (χ0) is 13.2. The molecule has 19 heavy (non-hydrogen) atoms. The Labute approximate surface area is 110 Å². The van der Waals surface area contributed by atoms with Gasteiger partial charge in [0.05, 0.1) is 18.3 Å². The van der Waals surface area contributed by atoms with Crippen LogP contribution < -0.4 is 4.90 Å². The van der Waals surface area contributed by atoms with Crippen LogP contribution in [0.5, 0.6) is 0 Å². The van der Waals surface area contributed by atoms with E-state index < -0.39 is 6.10 Å². The van der Waals surface area contributed by atoms with Gasteiger partial charge in [-0.25, -0.2) is 9.37 Å². The number of benzene rings is 1. The fourth-order valence-electron chi connectivity index (χ4n) is 2.54. The van der Waals surface area contributed by atoms with Gasteiger partial charge in [-0.05, 0) is 24.1 Å². The van der Waals surface area contributed by atoms with E-state index in [1.54, 1.807) is 24.7 Å². The SMILES string of the molecule is O[C@@H]1C[C@H](c2cccc(F)c2)N(c2cnccn2)C1. The van der Waals surface area contributed by atoms with Gasteiger partial charge in [-0.15, -0.1) is 0 Å². The first-order chi connectivity index (χ1) is 9.24. The number of halogens is 1. The van der Waals surface area contributed by atoms with Crippen molar-refractivity contribution < 1.29 is 9.50 Å². The van der Waals surface area contributed by atoms with E-state index in [0.29, 0.717) is 18.8 Å². The summed E-state index contributed by atoms with van der Waals surface area (Å²) in [5.74, 6) is 0.436. The fraction of sp³-hybridized carbons (Fsp3) is 0.286. The summed E-state index contributed by atoms with van der Waals surface area (Å²) in [5, 5.41) is 9.88. The Balaban J connectivity index is 1.95. The van der Waals surface area contributed by atoms with Gasteiger partial charge in [-0.1, -0.05) is 12.1 Å². The minimum absolute atomic E-state index is 0.0672. The van der Waals surface area contributed by atoms with Crippen LogP contribution in [-0.2, 0) is 0 Å². The lowest BCUT2D eigenvalue weighted by molar-refractivity contribution is 0.194. The molecule has 4 nitrogen and oxygen atoms in total. The molecule has 1 aromatic heterocycles. The van der Waals surface area contributed by atoms with E-state index in [4.69, 9.17) is 0 Å². The second-order valence-electron chi connectivity index (χ2n) is 4.68. The molecule has 0 unspecified atom stereocenters. The van der Waals surface area contributed by atoms with Gasteiger partial charge in [-0.3, -0.25) is 4.98 Å². The average molecular weight is 259 g/mol. The summed E-state index contributed by atoms with van der Waals surface area (Å²) in [6.07, 6.45) is 5.01. The van der Waals surface area contributed by atoms with E-state index in [0.717, 1.165) is 5.56 Å². The number of hydrogen-bond acceptors (Lipinski definition) is 4. The minimum atomic E-state index is -0.435. The molecular weight excluding hydrogens is 245 g/mol. The first-order valence-corrected chi connectivity index (χ1v) is 6.20. The molecule has 2 aromatic rings. The smallest absolute Gasteiger partial charge is 0.147 e. The Kier molecular flexibility index (Phi) is 3.13. The molecule has 0 bridgehead atoms. The molecule has 5 heteroatoms. The molecule has 3 rings (SSSR count). The van der Waals surface area contributed by atoms with E-state index in [1.807, 2.05) is 11.0 Å². The number of aliphatic hydroxyl groups excluding tert-OH is 1. The van der Waals surface area contributed by atoms with Crippen LogP contribution >= 0.6 is 0 Å². The van der Waals surface area contributed by atoms with E-state index in [9.17, 15) is 9.50 Å². The third-order valence-electron chi connectivity index (χ3n) is 3.36. The Hall–Kier alpha value is -2.01. The third-order valence-corrected chi connectivity index (χ3v) is 3.36.